The van der Waals surface area contributed by atoms with Gasteiger partial charge in [-0.15, -0.1) is 11.8 Å². The van der Waals surface area contributed by atoms with Gasteiger partial charge in [0.05, 0.1) is 22.9 Å². The number of phenolic OH excluding ortho intramolecular Hbond substituents is 1. The summed E-state index contributed by atoms with van der Waals surface area (Å²) in [6, 6.07) is 66.6. The van der Waals surface area contributed by atoms with Gasteiger partial charge in [0.15, 0.2) is 0 Å². The lowest BCUT2D eigenvalue weighted by molar-refractivity contribution is -0.147. The highest BCUT2D eigenvalue weighted by atomic mass is 32.2. The number of carbonyl (C=O) groups is 2. The second kappa shape index (κ2) is 19.4. The molecule has 6 nitrogen and oxygen atoms in total. The van der Waals surface area contributed by atoms with Crippen LogP contribution < -0.4 is 10.6 Å². The Kier molecular flexibility index (Phi) is 13.4. The quantitative estimate of drug-likeness (QED) is 0.0629. The van der Waals surface area contributed by atoms with Crippen molar-refractivity contribution in [3.05, 3.63) is 245 Å². The molecule has 7 heteroatoms. The fourth-order valence-corrected chi connectivity index (χ4v) is 9.37. The molecule has 7 aromatic rings. The monoisotopic (exact) mass is 796 g/mol. The summed E-state index contributed by atoms with van der Waals surface area (Å²) < 4.78 is 4.82. The van der Waals surface area contributed by atoms with Gasteiger partial charge in [0.2, 0.25) is 5.91 Å². The van der Waals surface area contributed by atoms with E-state index in [1.54, 1.807) is 43.0 Å². The van der Waals surface area contributed by atoms with Gasteiger partial charge in [-0.1, -0.05) is 194 Å². The molecule has 7 rings (SSSR count). The van der Waals surface area contributed by atoms with Gasteiger partial charge in [-0.2, -0.15) is 0 Å². The average Bonchev–Trinajstić information content (AvgIpc) is 3.30. The molecule has 0 bridgehead atoms. The van der Waals surface area contributed by atoms with E-state index >= 15 is 4.79 Å². The highest BCUT2D eigenvalue weighted by molar-refractivity contribution is 8.00. The van der Waals surface area contributed by atoms with Gasteiger partial charge in [-0.25, -0.2) is 4.79 Å². The Bertz CT molecular complexity index is 2170. The molecule has 2 atom stereocenters. The van der Waals surface area contributed by atoms with Crippen molar-refractivity contribution >= 4 is 23.6 Å². The molecular weight excluding hydrogens is 749 g/mol. The van der Waals surface area contributed by atoms with E-state index in [1.807, 2.05) is 72.8 Å². The number of benzene rings is 7. The molecule has 0 spiro atoms. The number of thioether (sulfide) groups is 1. The minimum atomic E-state index is -1.00. The van der Waals surface area contributed by atoms with Crippen LogP contribution >= 0.6 is 11.8 Å². The number of nitrogens with one attached hydrogen (secondary N) is 2. The van der Waals surface area contributed by atoms with E-state index in [-0.39, 0.29) is 30.4 Å². The van der Waals surface area contributed by atoms with Gasteiger partial charge < -0.3 is 15.2 Å². The van der Waals surface area contributed by atoms with Crippen molar-refractivity contribution < 1.29 is 19.4 Å². The number of hydrogen-bond donors (Lipinski definition) is 3. The Hall–Kier alpha value is -6.41. The average molecular weight is 797 g/mol. The standard InChI is InChI=1S/C52H48N2O4S/c1-2-58-50(57)47(37-39-33-35-46(55)36-34-39)53-49(56)48(54-51(40-21-9-3-10-22-40,41-23-11-4-12-24-41)42-25-13-5-14-26-42)38-59-52(43-27-15-6-16-28-43,44-29-17-7-18-30-44)45-31-19-8-20-32-45/h3-36,47-48,54-55H,2,37-38H2,1H3,(H,53,56)/t47-,48+/m0/s1. The lowest BCUT2D eigenvalue weighted by Gasteiger charge is -2.41. The molecule has 0 aliphatic rings. The van der Waals surface area contributed by atoms with Crippen LogP contribution in [-0.4, -0.2) is 41.4 Å². The molecule has 0 saturated carbocycles. The molecule has 0 radical (unpaired) electrons. The first-order valence-electron chi connectivity index (χ1n) is 19.9. The summed E-state index contributed by atoms with van der Waals surface area (Å²) >= 11 is 1.68. The van der Waals surface area contributed by atoms with Crippen LogP contribution in [0.15, 0.2) is 206 Å². The van der Waals surface area contributed by atoms with E-state index in [1.165, 1.54) is 0 Å². The predicted molar refractivity (Wildman–Crippen MR) is 238 cm³/mol. The molecule has 0 aliphatic carbocycles. The lowest BCUT2D eigenvalue weighted by Crippen LogP contribution is -2.58. The molecule has 0 saturated heterocycles. The minimum Gasteiger partial charge on any atom is -0.508 e. The number of ether oxygens (including phenoxy) is 1. The molecule has 3 N–H and O–H groups in total. The maximum absolute atomic E-state index is 15.4. The van der Waals surface area contributed by atoms with E-state index in [0.717, 1.165) is 38.9 Å². The number of aromatic hydroxyl groups is 1. The Morgan fingerprint density at radius 3 is 1.29 bits per heavy atom. The molecule has 59 heavy (non-hydrogen) atoms. The summed E-state index contributed by atoms with van der Waals surface area (Å²) in [4.78, 5) is 29.1. The topological polar surface area (TPSA) is 87.7 Å². The maximum atomic E-state index is 15.4. The van der Waals surface area contributed by atoms with Crippen LogP contribution in [0, 0.1) is 0 Å². The first-order chi connectivity index (χ1) is 28.9. The molecule has 0 unspecified atom stereocenters. The third kappa shape index (κ3) is 9.18. The third-order valence-electron chi connectivity index (χ3n) is 10.6. The summed E-state index contributed by atoms with van der Waals surface area (Å²) in [6.45, 7) is 1.91. The number of phenols is 1. The predicted octanol–water partition coefficient (Wildman–Crippen LogP) is 9.66. The zero-order valence-electron chi connectivity index (χ0n) is 33.0. The van der Waals surface area contributed by atoms with E-state index in [2.05, 4.69) is 120 Å². The largest absolute Gasteiger partial charge is 0.508 e. The van der Waals surface area contributed by atoms with E-state index in [4.69, 9.17) is 4.74 Å². The van der Waals surface area contributed by atoms with Crippen LogP contribution in [0.4, 0.5) is 0 Å². The van der Waals surface area contributed by atoms with Crippen LogP contribution in [0.3, 0.4) is 0 Å². The zero-order chi connectivity index (χ0) is 40.9. The van der Waals surface area contributed by atoms with Crippen molar-refractivity contribution in [2.45, 2.75) is 35.7 Å². The van der Waals surface area contributed by atoms with Crippen molar-refractivity contribution in [2.24, 2.45) is 0 Å². The zero-order valence-corrected chi connectivity index (χ0v) is 33.8. The number of esters is 1. The highest BCUT2D eigenvalue weighted by Gasteiger charge is 2.43. The molecule has 296 valence electrons. The summed E-state index contributed by atoms with van der Waals surface area (Å²) in [6.07, 6.45) is 0.175. The second-order valence-electron chi connectivity index (χ2n) is 14.3. The van der Waals surface area contributed by atoms with Gasteiger partial charge in [0.1, 0.15) is 11.8 Å². The molecule has 0 fully saturated rings. The van der Waals surface area contributed by atoms with E-state index < -0.39 is 28.3 Å². The summed E-state index contributed by atoms with van der Waals surface area (Å²) in [5, 5.41) is 17.1. The summed E-state index contributed by atoms with van der Waals surface area (Å²) in [7, 11) is 0. The van der Waals surface area contributed by atoms with Crippen molar-refractivity contribution in [2.75, 3.05) is 12.4 Å². The van der Waals surface area contributed by atoms with Crippen LogP contribution in [-0.2, 0) is 31.0 Å². The molecule has 1 amide bonds. The molecule has 0 aromatic heterocycles. The highest BCUT2D eigenvalue weighted by Crippen LogP contribution is 2.49. The van der Waals surface area contributed by atoms with E-state index in [9.17, 15) is 9.90 Å². The van der Waals surface area contributed by atoms with E-state index in [0.29, 0.717) is 0 Å². The Labute approximate surface area is 351 Å². The van der Waals surface area contributed by atoms with Crippen molar-refractivity contribution in [1.29, 1.82) is 0 Å². The van der Waals surface area contributed by atoms with Crippen LogP contribution in [0.5, 0.6) is 5.75 Å². The van der Waals surface area contributed by atoms with Gasteiger partial charge in [-0.05, 0) is 58.0 Å². The fourth-order valence-electron chi connectivity index (χ4n) is 7.81. The van der Waals surface area contributed by atoms with Crippen LogP contribution in [0.1, 0.15) is 45.9 Å². The summed E-state index contributed by atoms with van der Waals surface area (Å²) in [5.41, 5.74) is 5.82. The Balaban J connectivity index is 1.40. The van der Waals surface area contributed by atoms with Gasteiger partial charge in [-0.3, -0.25) is 10.1 Å². The number of carbonyl (C=O) groups excluding carboxylic acids is 2. The molecule has 0 heterocycles. The first-order valence-corrected chi connectivity index (χ1v) is 20.9. The SMILES string of the molecule is CCOC(=O)[C@H](Cc1ccc(O)cc1)NC(=O)[C@@H](CSC(c1ccccc1)(c1ccccc1)c1ccccc1)NC(c1ccccc1)(c1ccccc1)c1ccccc1. The van der Waals surface area contributed by atoms with Crippen molar-refractivity contribution in [3.63, 3.8) is 0 Å². The van der Waals surface area contributed by atoms with Gasteiger partial charge in [0.25, 0.3) is 0 Å². The van der Waals surface area contributed by atoms with Crippen LogP contribution in [0.25, 0.3) is 0 Å². The minimum absolute atomic E-state index is 0.115. The van der Waals surface area contributed by atoms with Gasteiger partial charge in [0, 0.05) is 12.2 Å². The lowest BCUT2D eigenvalue weighted by atomic mass is 9.76. The normalized spacial score (nSPS) is 12.6. The Morgan fingerprint density at radius 1 is 0.542 bits per heavy atom. The third-order valence-corrected chi connectivity index (χ3v) is 12.2. The second-order valence-corrected chi connectivity index (χ2v) is 15.6. The smallest absolute Gasteiger partial charge is 0.328 e. The number of hydrogen-bond acceptors (Lipinski definition) is 6. The maximum Gasteiger partial charge on any atom is 0.328 e. The van der Waals surface area contributed by atoms with Crippen molar-refractivity contribution in [1.82, 2.24) is 10.6 Å². The number of rotatable bonds is 17. The fraction of sp³-hybridized carbons (Fsp3) is 0.154. The summed E-state index contributed by atoms with van der Waals surface area (Å²) in [5.74, 6) is -0.491. The van der Waals surface area contributed by atoms with Crippen LogP contribution in [0.2, 0.25) is 0 Å². The Morgan fingerprint density at radius 2 is 0.915 bits per heavy atom. The first kappa shape index (κ1) is 40.8. The number of amides is 1. The van der Waals surface area contributed by atoms with Crippen molar-refractivity contribution in [3.8, 4) is 5.75 Å². The molecular formula is C52H48N2O4S. The molecule has 0 aliphatic heterocycles. The van der Waals surface area contributed by atoms with Gasteiger partial charge >= 0.3 is 5.97 Å². The molecule has 7 aromatic carbocycles.